The van der Waals surface area contributed by atoms with Gasteiger partial charge in [-0.2, -0.15) is 0 Å². The fourth-order valence-electron chi connectivity index (χ4n) is 2.77. The fraction of sp³-hybridized carbons (Fsp3) is 0. The first-order valence-electron chi connectivity index (χ1n) is 6.33. The van der Waals surface area contributed by atoms with E-state index in [-0.39, 0.29) is 0 Å². The monoisotopic (exact) mass is 241 g/mol. The van der Waals surface area contributed by atoms with E-state index >= 15 is 0 Å². The van der Waals surface area contributed by atoms with Gasteiger partial charge in [0.15, 0.2) is 0 Å². The second-order valence-electron chi connectivity index (χ2n) is 4.64. The van der Waals surface area contributed by atoms with Gasteiger partial charge in [0, 0.05) is 11.8 Å². The van der Waals surface area contributed by atoms with Crippen molar-refractivity contribution in [2.45, 2.75) is 0 Å². The number of nitrogens with zero attached hydrogens (tertiary/aromatic N) is 1. The molecule has 88 valence electrons. The Kier molecular flexibility index (Phi) is 2.14. The Morgan fingerprint density at radius 1 is 0.684 bits per heavy atom. The summed E-state index contributed by atoms with van der Waals surface area (Å²) in [6, 6.07) is 17.0. The second-order valence-corrected chi connectivity index (χ2v) is 4.64. The van der Waals surface area contributed by atoms with Crippen molar-refractivity contribution in [1.29, 1.82) is 0 Å². The van der Waals surface area contributed by atoms with Crippen LogP contribution in [-0.4, -0.2) is 6.21 Å². The van der Waals surface area contributed by atoms with Gasteiger partial charge in [0.05, 0.1) is 6.20 Å². The summed E-state index contributed by atoms with van der Waals surface area (Å²) in [4.78, 5) is 4.28. The van der Waals surface area contributed by atoms with E-state index in [1.165, 1.54) is 32.7 Å². The Balaban J connectivity index is 2.36. The third-order valence-corrected chi connectivity index (χ3v) is 3.60. The van der Waals surface area contributed by atoms with Crippen molar-refractivity contribution in [3.8, 4) is 0 Å². The molecule has 1 aliphatic rings. The van der Waals surface area contributed by atoms with Crippen molar-refractivity contribution < 1.29 is 0 Å². The smallest absolute Gasteiger partial charge is 0.0686 e. The molecule has 4 rings (SSSR count). The van der Waals surface area contributed by atoms with Crippen LogP contribution in [0.5, 0.6) is 0 Å². The summed E-state index contributed by atoms with van der Waals surface area (Å²) >= 11 is 0. The highest BCUT2D eigenvalue weighted by atomic mass is 14.7. The van der Waals surface area contributed by atoms with Crippen LogP contribution in [0.4, 0.5) is 0 Å². The lowest BCUT2D eigenvalue weighted by molar-refractivity contribution is 1.61. The number of hydrogen-bond donors (Lipinski definition) is 0. The van der Waals surface area contributed by atoms with Crippen LogP contribution in [-0.2, 0) is 0 Å². The van der Waals surface area contributed by atoms with E-state index in [1.807, 2.05) is 12.3 Å². The molecule has 0 spiro atoms. The first-order chi connectivity index (χ1) is 9.45. The van der Waals surface area contributed by atoms with Crippen LogP contribution in [0.2, 0.25) is 0 Å². The van der Waals surface area contributed by atoms with Crippen LogP contribution >= 0.6 is 0 Å². The molecule has 0 aromatic heterocycles. The van der Waals surface area contributed by atoms with E-state index in [9.17, 15) is 0 Å². The van der Waals surface area contributed by atoms with E-state index < -0.39 is 0 Å². The Labute approximate surface area is 111 Å². The minimum atomic E-state index is 1.18. The molecular formula is C18H11N. The van der Waals surface area contributed by atoms with Gasteiger partial charge in [-0.1, -0.05) is 48.5 Å². The molecule has 0 unspecified atom stereocenters. The average Bonchev–Trinajstić information content (AvgIpc) is 2.73. The Bertz CT molecular complexity index is 894. The van der Waals surface area contributed by atoms with Crippen molar-refractivity contribution in [3.63, 3.8) is 0 Å². The summed E-state index contributed by atoms with van der Waals surface area (Å²) in [5, 5.41) is 5.06. The minimum Gasteiger partial charge on any atom is -0.256 e. The van der Waals surface area contributed by atoms with Gasteiger partial charge in [-0.15, -0.1) is 5.73 Å². The van der Waals surface area contributed by atoms with Crippen LogP contribution in [0.3, 0.4) is 0 Å². The maximum absolute atomic E-state index is 4.28. The largest absolute Gasteiger partial charge is 0.256 e. The third kappa shape index (κ3) is 1.46. The lowest BCUT2D eigenvalue weighted by atomic mass is 9.92. The Hall–Kier alpha value is -2.63. The van der Waals surface area contributed by atoms with Crippen molar-refractivity contribution in [2.75, 3.05) is 0 Å². The van der Waals surface area contributed by atoms with E-state index in [2.05, 4.69) is 59.3 Å². The van der Waals surface area contributed by atoms with E-state index in [0.29, 0.717) is 0 Å². The third-order valence-electron chi connectivity index (χ3n) is 3.60. The first kappa shape index (κ1) is 10.3. The molecule has 0 bridgehead atoms. The van der Waals surface area contributed by atoms with Crippen LogP contribution in [0, 0.1) is 0 Å². The number of fused-ring (bicyclic) bond motifs is 6. The lowest BCUT2D eigenvalue weighted by Gasteiger charge is -2.11. The summed E-state index contributed by atoms with van der Waals surface area (Å²) in [7, 11) is 0. The van der Waals surface area contributed by atoms with Gasteiger partial charge < -0.3 is 0 Å². The molecule has 0 amide bonds. The van der Waals surface area contributed by atoms with Crippen molar-refractivity contribution >= 4 is 33.8 Å². The summed E-state index contributed by atoms with van der Waals surface area (Å²) in [6.07, 6.45) is 5.67. The maximum Gasteiger partial charge on any atom is 0.0686 e. The van der Waals surface area contributed by atoms with Crippen LogP contribution in [0.1, 0.15) is 11.1 Å². The summed E-state index contributed by atoms with van der Waals surface area (Å²) in [5.74, 6) is 0. The van der Waals surface area contributed by atoms with Crippen LogP contribution in [0.15, 0.2) is 65.5 Å². The molecule has 1 heterocycles. The zero-order valence-corrected chi connectivity index (χ0v) is 10.3. The summed E-state index contributed by atoms with van der Waals surface area (Å²) in [6.45, 7) is 0. The highest BCUT2D eigenvalue weighted by molar-refractivity contribution is 6.18. The van der Waals surface area contributed by atoms with Gasteiger partial charge in [0.1, 0.15) is 0 Å². The molecule has 1 nitrogen and oxygen atoms in total. The SMILES string of the molecule is C1=CN=Cc2c(c3ccccc3c3ccccc23)C=1. The van der Waals surface area contributed by atoms with Gasteiger partial charge >= 0.3 is 0 Å². The standard InChI is InChI=1S/C18H11N/c1-2-8-15-13(6-1)14-7-3-4-9-16(14)18-12-19-11-5-10-17(15)18/h1-4,6-12H. The molecule has 19 heavy (non-hydrogen) atoms. The highest BCUT2D eigenvalue weighted by Crippen LogP contribution is 2.33. The van der Waals surface area contributed by atoms with Crippen molar-refractivity contribution in [3.05, 3.63) is 71.6 Å². The summed E-state index contributed by atoms with van der Waals surface area (Å²) in [5.41, 5.74) is 5.49. The Morgan fingerprint density at radius 3 is 1.95 bits per heavy atom. The summed E-state index contributed by atoms with van der Waals surface area (Å²) < 4.78 is 0. The average molecular weight is 241 g/mol. The fourth-order valence-corrected chi connectivity index (χ4v) is 2.77. The molecule has 1 aliphatic heterocycles. The van der Waals surface area contributed by atoms with Gasteiger partial charge in [0.25, 0.3) is 0 Å². The predicted molar refractivity (Wildman–Crippen MR) is 81.6 cm³/mol. The molecule has 3 aromatic carbocycles. The molecule has 3 aromatic rings. The van der Waals surface area contributed by atoms with Crippen LogP contribution < -0.4 is 0 Å². The van der Waals surface area contributed by atoms with E-state index in [1.54, 1.807) is 6.20 Å². The number of rotatable bonds is 0. The van der Waals surface area contributed by atoms with Gasteiger partial charge in [-0.3, -0.25) is 4.99 Å². The van der Waals surface area contributed by atoms with Gasteiger partial charge in [0.2, 0.25) is 0 Å². The Morgan fingerprint density at radius 2 is 1.26 bits per heavy atom. The van der Waals surface area contributed by atoms with E-state index in [4.69, 9.17) is 0 Å². The van der Waals surface area contributed by atoms with E-state index in [0.717, 1.165) is 0 Å². The highest BCUT2D eigenvalue weighted by Gasteiger charge is 2.11. The molecule has 0 radical (unpaired) electrons. The molecule has 0 fully saturated rings. The molecule has 1 heteroatoms. The van der Waals surface area contributed by atoms with Gasteiger partial charge in [-0.25, -0.2) is 0 Å². The maximum atomic E-state index is 4.28. The first-order valence-corrected chi connectivity index (χ1v) is 6.33. The second kappa shape index (κ2) is 3.94. The van der Waals surface area contributed by atoms with Crippen LogP contribution in [0.25, 0.3) is 27.6 Å². The predicted octanol–water partition coefficient (Wildman–Crippen LogP) is 4.55. The zero-order chi connectivity index (χ0) is 12.7. The minimum absolute atomic E-state index is 1.18. The topological polar surface area (TPSA) is 12.4 Å². The quantitative estimate of drug-likeness (QED) is 0.404. The van der Waals surface area contributed by atoms with Gasteiger partial charge in [-0.05, 0) is 33.2 Å². The molecule has 0 saturated carbocycles. The number of aliphatic imine (C=N–C) groups is 1. The number of hydrogen-bond acceptors (Lipinski definition) is 1. The zero-order valence-electron chi connectivity index (χ0n) is 10.3. The van der Waals surface area contributed by atoms with Crippen molar-refractivity contribution in [1.82, 2.24) is 0 Å². The normalized spacial score (nSPS) is 12.8. The van der Waals surface area contributed by atoms with Crippen molar-refractivity contribution in [2.24, 2.45) is 4.99 Å². The molecule has 0 atom stereocenters. The number of benzene rings is 3. The molecule has 0 saturated heterocycles. The molecular weight excluding hydrogens is 230 g/mol. The molecule has 0 aliphatic carbocycles. The lowest BCUT2D eigenvalue weighted by Crippen LogP contribution is -1.92. The molecule has 0 N–H and O–H groups in total.